The molecule has 3 aromatic rings. The largest absolute Gasteiger partial charge is 0.494 e. The lowest BCUT2D eigenvalue weighted by Crippen LogP contribution is -2.36. The topological polar surface area (TPSA) is 85.2 Å². The van der Waals surface area contributed by atoms with Gasteiger partial charge in [0.05, 0.1) is 23.8 Å². The lowest BCUT2D eigenvalue weighted by atomic mass is 9.83. The standard InChI is InChI=1S/C31H29ClFNO5/c1-3-14-38-23-8-9-24(26(32)18-23)29(35)31(12-5-13-34-31)19-22-16-20(7-11-28(22)39-15-4-2)21-6-10-27(33)25(17-21)30(36)37/h5-13,16-18H,3-4,14-15,19H2,1-2H3,(H,36,37). The highest BCUT2D eigenvalue weighted by molar-refractivity contribution is 6.34. The summed E-state index contributed by atoms with van der Waals surface area (Å²) in [5, 5.41) is 9.64. The Morgan fingerprint density at radius 1 is 0.949 bits per heavy atom. The molecule has 0 spiro atoms. The second kappa shape index (κ2) is 12.3. The highest BCUT2D eigenvalue weighted by Crippen LogP contribution is 2.36. The zero-order valence-electron chi connectivity index (χ0n) is 21.7. The molecular weight excluding hydrogens is 521 g/mol. The van der Waals surface area contributed by atoms with Crippen LogP contribution in [0.1, 0.15) is 53.0 Å². The number of aliphatic imine (C=N–C) groups is 1. The monoisotopic (exact) mass is 549 g/mol. The van der Waals surface area contributed by atoms with E-state index in [1.54, 1.807) is 48.7 Å². The van der Waals surface area contributed by atoms with Gasteiger partial charge in [-0.1, -0.05) is 37.6 Å². The van der Waals surface area contributed by atoms with Crippen molar-refractivity contribution in [1.82, 2.24) is 0 Å². The average molecular weight is 550 g/mol. The van der Waals surface area contributed by atoms with Crippen LogP contribution in [-0.4, -0.2) is 41.8 Å². The number of ether oxygens (including phenoxy) is 2. The Hall–Kier alpha value is -3.97. The first-order valence-corrected chi connectivity index (χ1v) is 13.1. The third-order valence-electron chi connectivity index (χ3n) is 6.33. The minimum Gasteiger partial charge on any atom is -0.494 e. The van der Waals surface area contributed by atoms with Gasteiger partial charge in [0, 0.05) is 18.2 Å². The van der Waals surface area contributed by atoms with Crippen LogP contribution in [0.25, 0.3) is 11.1 Å². The zero-order chi connectivity index (χ0) is 28.0. The summed E-state index contributed by atoms with van der Waals surface area (Å²) < 4.78 is 25.7. The molecule has 0 saturated carbocycles. The van der Waals surface area contributed by atoms with Crippen LogP contribution in [0.15, 0.2) is 71.7 Å². The Labute approximate surface area is 231 Å². The van der Waals surface area contributed by atoms with E-state index in [-0.39, 0.29) is 17.2 Å². The van der Waals surface area contributed by atoms with Crippen molar-refractivity contribution in [3.05, 3.63) is 94.3 Å². The second-order valence-corrected chi connectivity index (χ2v) is 9.64. The Balaban J connectivity index is 1.73. The summed E-state index contributed by atoms with van der Waals surface area (Å²) in [4.78, 5) is 30.0. The first-order valence-electron chi connectivity index (χ1n) is 12.8. The fourth-order valence-electron chi connectivity index (χ4n) is 4.37. The minimum atomic E-state index is -1.35. The van der Waals surface area contributed by atoms with Gasteiger partial charge in [0.25, 0.3) is 0 Å². The lowest BCUT2D eigenvalue weighted by Gasteiger charge is -2.25. The van der Waals surface area contributed by atoms with Crippen molar-refractivity contribution >= 4 is 29.6 Å². The maximum absolute atomic E-state index is 14.0. The van der Waals surface area contributed by atoms with Gasteiger partial charge in [0.2, 0.25) is 0 Å². The van der Waals surface area contributed by atoms with Crippen LogP contribution in [0.3, 0.4) is 0 Å². The molecular formula is C31H29ClFNO5. The summed E-state index contributed by atoms with van der Waals surface area (Å²) in [6.07, 6.45) is 6.84. The SMILES string of the molecule is CCCOc1ccc(C(=O)C2(Cc3cc(-c4ccc(F)c(C(=O)O)c4)ccc3OCCC)C=CC=N2)c(Cl)c1. The molecule has 0 bridgehead atoms. The fourth-order valence-corrected chi connectivity index (χ4v) is 4.63. The van der Waals surface area contributed by atoms with Gasteiger partial charge in [-0.3, -0.25) is 9.79 Å². The Morgan fingerprint density at radius 2 is 1.67 bits per heavy atom. The van der Waals surface area contributed by atoms with Gasteiger partial charge in [0.15, 0.2) is 5.78 Å². The molecule has 1 aliphatic heterocycles. The van der Waals surface area contributed by atoms with Crippen LogP contribution in [0.2, 0.25) is 5.02 Å². The summed E-state index contributed by atoms with van der Waals surface area (Å²) in [5.74, 6) is -1.27. The van der Waals surface area contributed by atoms with Crippen molar-refractivity contribution < 1.29 is 28.6 Å². The van der Waals surface area contributed by atoms with E-state index < -0.39 is 22.9 Å². The summed E-state index contributed by atoms with van der Waals surface area (Å²) in [7, 11) is 0. The van der Waals surface area contributed by atoms with Gasteiger partial charge in [-0.25, -0.2) is 9.18 Å². The fraction of sp³-hybridized carbons (Fsp3) is 0.258. The van der Waals surface area contributed by atoms with E-state index in [4.69, 9.17) is 21.1 Å². The molecule has 8 heteroatoms. The van der Waals surface area contributed by atoms with Crippen LogP contribution < -0.4 is 9.47 Å². The molecule has 1 atom stereocenters. The maximum atomic E-state index is 14.0. The number of benzene rings is 3. The molecule has 4 rings (SSSR count). The lowest BCUT2D eigenvalue weighted by molar-refractivity contribution is 0.0691. The number of hydrogen-bond donors (Lipinski definition) is 1. The predicted octanol–water partition coefficient (Wildman–Crippen LogP) is 7.23. The van der Waals surface area contributed by atoms with E-state index >= 15 is 0 Å². The number of halogens is 2. The number of hydrogen-bond acceptors (Lipinski definition) is 5. The molecule has 39 heavy (non-hydrogen) atoms. The number of carboxylic acid groups (broad SMARTS) is 1. The molecule has 0 aromatic heterocycles. The number of carbonyl (C=O) groups excluding carboxylic acids is 1. The highest BCUT2D eigenvalue weighted by Gasteiger charge is 2.39. The Bertz CT molecular complexity index is 1440. The molecule has 0 radical (unpaired) electrons. The molecule has 6 nitrogen and oxygen atoms in total. The number of allylic oxidation sites excluding steroid dienone is 1. The third kappa shape index (κ3) is 6.20. The second-order valence-electron chi connectivity index (χ2n) is 9.23. The van der Waals surface area contributed by atoms with E-state index in [1.165, 1.54) is 12.1 Å². The molecule has 1 unspecified atom stereocenters. The molecule has 3 aromatic carbocycles. The molecule has 0 fully saturated rings. The summed E-state index contributed by atoms with van der Waals surface area (Å²) in [5.41, 5.74) is 0.512. The van der Waals surface area contributed by atoms with Crippen molar-refractivity contribution in [2.75, 3.05) is 13.2 Å². The number of carbonyl (C=O) groups is 2. The first-order chi connectivity index (χ1) is 18.8. The molecule has 1 N–H and O–H groups in total. The summed E-state index contributed by atoms with van der Waals surface area (Å²) in [6.45, 7) is 5.00. The number of nitrogens with zero attached hydrogens (tertiary/aromatic N) is 1. The number of ketones is 1. The number of rotatable bonds is 12. The van der Waals surface area contributed by atoms with Gasteiger partial charge in [-0.05, 0) is 84.1 Å². The molecule has 1 heterocycles. The van der Waals surface area contributed by atoms with E-state index in [2.05, 4.69) is 4.99 Å². The number of Topliss-reactive ketones (excluding diaryl/α,β-unsaturated/α-hetero) is 1. The predicted molar refractivity (Wildman–Crippen MR) is 150 cm³/mol. The number of carboxylic acids is 1. The highest BCUT2D eigenvalue weighted by atomic mass is 35.5. The van der Waals surface area contributed by atoms with E-state index in [9.17, 15) is 19.1 Å². The van der Waals surface area contributed by atoms with Crippen molar-refractivity contribution in [1.29, 1.82) is 0 Å². The average Bonchev–Trinajstić information content (AvgIpc) is 3.40. The van der Waals surface area contributed by atoms with Crippen molar-refractivity contribution in [3.63, 3.8) is 0 Å². The molecule has 202 valence electrons. The van der Waals surface area contributed by atoms with Crippen molar-refractivity contribution in [3.8, 4) is 22.6 Å². The van der Waals surface area contributed by atoms with E-state index in [0.29, 0.717) is 47.0 Å². The van der Waals surface area contributed by atoms with Gasteiger partial charge < -0.3 is 14.6 Å². The number of aromatic carboxylic acids is 1. The van der Waals surface area contributed by atoms with Gasteiger partial charge in [-0.2, -0.15) is 0 Å². The van der Waals surface area contributed by atoms with Crippen LogP contribution >= 0.6 is 11.6 Å². The Kier molecular flexibility index (Phi) is 8.82. The maximum Gasteiger partial charge on any atom is 0.338 e. The van der Waals surface area contributed by atoms with E-state index in [1.807, 2.05) is 19.9 Å². The summed E-state index contributed by atoms with van der Waals surface area (Å²) >= 11 is 6.52. The van der Waals surface area contributed by atoms with Gasteiger partial charge in [0.1, 0.15) is 22.9 Å². The Morgan fingerprint density at radius 3 is 2.33 bits per heavy atom. The molecule has 0 amide bonds. The quantitative estimate of drug-likeness (QED) is 0.241. The van der Waals surface area contributed by atoms with Crippen molar-refractivity contribution in [2.45, 2.75) is 38.6 Å². The van der Waals surface area contributed by atoms with Crippen molar-refractivity contribution in [2.24, 2.45) is 4.99 Å². The summed E-state index contributed by atoms with van der Waals surface area (Å²) in [6, 6.07) is 14.3. The zero-order valence-corrected chi connectivity index (χ0v) is 22.5. The van der Waals surface area contributed by atoms with Gasteiger partial charge in [-0.15, -0.1) is 0 Å². The van der Waals surface area contributed by atoms with Crippen LogP contribution in [0.4, 0.5) is 4.39 Å². The van der Waals surface area contributed by atoms with Crippen LogP contribution in [0, 0.1) is 5.82 Å². The molecule has 0 saturated heterocycles. The first kappa shape index (κ1) is 28.0. The smallest absolute Gasteiger partial charge is 0.338 e. The van der Waals surface area contributed by atoms with Gasteiger partial charge >= 0.3 is 5.97 Å². The molecule has 1 aliphatic rings. The van der Waals surface area contributed by atoms with Crippen LogP contribution in [-0.2, 0) is 6.42 Å². The van der Waals surface area contributed by atoms with E-state index in [0.717, 1.165) is 18.9 Å². The third-order valence-corrected chi connectivity index (χ3v) is 6.64. The minimum absolute atomic E-state index is 0.170. The molecule has 0 aliphatic carbocycles. The van der Waals surface area contributed by atoms with Crippen LogP contribution in [0.5, 0.6) is 11.5 Å². The normalized spacial score (nSPS) is 15.9.